The van der Waals surface area contributed by atoms with Crippen molar-refractivity contribution in [1.29, 1.82) is 0 Å². The van der Waals surface area contributed by atoms with Crippen molar-refractivity contribution in [2.45, 2.75) is 6.10 Å². The molecule has 1 unspecified atom stereocenters. The lowest BCUT2D eigenvalue weighted by molar-refractivity contribution is -0.134. The Balaban J connectivity index is 2.45. The highest BCUT2D eigenvalue weighted by atomic mass is 16.5. The molecule has 1 fully saturated rings. The highest BCUT2D eigenvalue weighted by molar-refractivity contribution is 5.78. The molecular formula is C13H22N2O3. The van der Waals surface area contributed by atoms with Crippen LogP contribution >= 0.6 is 0 Å². The van der Waals surface area contributed by atoms with Crippen LogP contribution in [0.5, 0.6) is 0 Å². The summed E-state index contributed by atoms with van der Waals surface area (Å²) in [6, 6.07) is 0. The molecule has 5 heteroatoms. The van der Waals surface area contributed by atoms with Crippen molar-refractivity contribution in [3.63, 3.8) is 0 Å². The minimum Gasteiger partial charge on any atom is -0.394 e. The fourth-order valence-electron chi connectivity index (χ4n) is 1.92. The van der Waals surface area contributed by atoms with Gasteiger partial charge in [0.2, 0.25) is 5.91 Å². The van der Waals surface area contributed by atoms with Crippen LogP contribution in [0.2, 0.25) is 0 Å². The molecule has 1 atom stereocenters. The molecular weight excluding hydrogens is 232 g/mol. The summed E-state index contributed by atoms with van der Waals surface area (Å²) in [6.45, 7) is 10.6. The van der Waals surface area contributed by atoms with Crippen LogP contribution in [-0.2, 0) is 9.53 Å². The van der Waals surface area contributed by atoms with Gasteiger partial charge >= 0.3 is 0 Å². The van der Waals surface area contributed by atoms with Crippen molar-refractivity contribution >= 4 is 5.91 Å². The molecule has 0 saturated carbocycles. The summed E-state index contributed by atoms with van der Waals surface area (Å²) in [5.41, 5.74) is 0. The minimum atomic E-state index is -0.182. The topological polar surface area (TPSA) is 53.0 Å². The first kappa shape index (κ1) is 14.9. The highest BCUT2D eigenvalue weighted by Gasteiger charge is 2.22. The van der Waals surface area contributed by atoms with Gasteiger partial charge in [-0.15, -0.1) is 13.2 Å². The van der Waals surface area contributed by atoms with Gasteiger partial charge in [-0.2, -0.15) is 0 Å². The fourth-order valence-corrected chi connectivity index (χ4v) is 1.92. The van der Waals surface area contributed by atoms with Crippen molar-refractivity contribution in [1.82, 2.24) is 9.80 Å². The van der Waals surface area contributed by atoms with Crippen molar-refractivity contribution in [3.05, 3.63) is 25.3 Å². The lowest BCUT2D eigenvalue weighted by Gasteiger charge is -2.32. The summed E-state index contributed by atoms with van der Waals surface area (Å²) in [5.74, 6) is 0.0494. The SMILES string of the molecule is C=CCN(CC=C)C(=O)CN1CCOC(CO)C1. The Morgan fingerprint density at radius 2 is 2.11 bits per heavy atom. The number of aliphatic hydroxyl groups excluding tert-OH is 1. The number of aliphatic hydroxyl groups is 1. The second-order valence-corrected chi connectivity index (χ2v) is 4.29. The van der Waals surface area contributed by atoms with E-state index in [4.69, 9.17) is 9.84 Å². The van der Waals surface area contributed by atoms with E-state index in [0.29, 0.717) is 32.8 Å². The largest absolute Gasteiger partial charge is 0.394 e. The molecule has 0 radical (unpaired) electrons. The molecule has 0 aromatic heterocycles. The molecule has 5 nitrogen and oxygen atoms in total. The Kier molecular flexibility index (Phi) is 6.64. The Hall–Kier alpha value is -1.17. The molecule has 1 aliphatic heterocycles. The number of carbonyl (C=O) groups is 1. The van der Waals surface area contributed by atoms with Gasteiger partial charge in [0.05, 0.1) is 25.9 Å². The van der Waals surface area contributed by atoms with E-state index >= 15 is 0 Å². The molecule has 0 aromatic rings. The predicted octanol–water partition coefficient (Wildman–Crippen LogP) is -0.120. The fraction of sp³-hybridized carbons (Fsp3) is 0.615. The van der Waals surface area contributed by atoms with E-state index in [0.717, 1.165) is 6.54 Å². The zero-order valence-electron chi connectivity index (χ0n) is 10.8. The van der Waals surface area contributed by atoms with Crippen LogP contribution in [0.4, 0.5) is 0 Å². The van der Waals surface area contributed by atoms with Crippen LogP contribution in [-0.4, -0.2) is 72.9 Å². The maximum Gasteiger partial charge on any atom is 0.237 e. The Morgan fingerprint density at radius 1 is 1.44 bits per heavy atom. The van der Waals surface area contributed by atoms with Crippen molar-refractivity contribution in [2.75, 3.05) is 45.9 Å². The molecule has 102 valence electrons. The normalized spacial score (nSPS) is 20.4. The molecule has 0 aliphatic carbocycles. The third kappa shape index (κ3) is 4.60. The second-order valence-electron chi connectivity index (χ2n) is 4.29. The standard InChI is InChI=1S/C13H22N2O3/c1-3-5-15(6-4-2)13(17)10-14-7-8-18-12(9-14)11-16/h3-4,12,16H,1-2,5-11H2. The van der Waals surface area contributed by atoms with Crippen LogP contribution in [0, 0.1) is 0 Å². The molecule has 0 spiro atoms. The van der Waals surface area contributed by atoms with E-state index in [2.05, 4.69) is 13.2 Å². The van der Waals surface area contributed by atoms with Crippen LogP contribution in [0.25, 0.3) is 0 Å². The van der Waals surface area contributed by atoms with Crippen molar-refractivity contribution < 1.29 is 14.6 Å². The van der Waals surface area contributed by atoms with Gasteiger partial charge in [-0.1, -0.05) is 12.2 Å². The molecule has 1 N–H and O–H groups in total. The molecule has 1 heterocycles. The summed E-state index contributed by atoms with van der Waals surface area (Å²) in [7, 11) is 0. The van der Waals surface area contributed by atoms with Crippen LogP contribution in [0.3, 0.4) is 0 Å². The first-order valence-corrected chi connectivity index (χ1v) is 6.15. The van der Waals surface area contributed by atoms with E-state index in [1.54, 1.807) is 17.1 Å². The number of carbonyl (C=O) groups excluding carboxylic acids is 1. The first-order chi connectivity index (χ1) is 8.71. The van der Waals surface area contributed by atoms with E-state index < -0.39 is 0 Å². The summed E-state index contributed by atoms with van der Waals surface area (Å²) >= 11 is 0. The Morgan fingerprint density at radius 3 is 2.67 bits per heavy atom. The number of morpholine rings is 1. The third-order valence-corrected chi connectivity index (χ3v) is 2.84. The average Bonchev–Trinajstić information content (AvgIpc) is 2.38. The Bertz CT molecular complexity index is 284. The lowest BCUT2D eigenvalue weighted by atomic mass is 10.2. The third-order valence-electron chi connectivity index (χ3n) is 2.84. The molecule has 18 heavy (non-hydrogen) atoms. The summed E-state index contributed by atoms with van der Waals surface area (Å²) < 4.78 is 5.35. The summed E-state index contributed by atoms with van der Waals surface area (Å²) in [4.78, 5) is 15.8. The number of hydrogen-bond acceptors (Lipinski definition) is 4. The predicted molar refractivity (Wildman–Crippen MR) is 70.2 cm³/mol. The quantitative estimate of drug-likeness (QED) is 0.644. The van der Waals surface area contributed by atoms with Gasteiger partial charge in [-0.05, 0) is 0 Å². The van der Waals surface area contributed by atoms with E-state index in [1.807, 2.05) is 4.90 Å². The maximum atomic E-state index is 12.1. The molecule has 1 rings (SSSR count). The van der Waals surface area contributed by atoms with Gasteiger partial charge in [-0.3, -0.25) is 9.69 Å². The maximum absolute atomic E-state index is 12.1. The first-order valence-electron chi connectivity index (χ1n) is 6.15. The van der Waals surface area contributed by atoms with Gasteiger partial charge < -0.3 is 14.7 Å². The number of ether oxygens (including phenoxy) is 1. The van der Waals surface area contributed by atoms with Gasteiger partial charge in [0, 0.05) is 26.2 Å². The van der Waals surface area contributed by atoms with Gasteiger partial charge in [0.25, 0.3) is 0 Å². The Labute approximate surface area is 108 Å². The number of nitrogens with zero attached hydrogens (tertiary/aromatic N) is 2. The number of hydrogen-bond donors (Lipinski definition) is 1. The molecule has 0 bridgehead atoms. The smallest absolute Gasteiger partial charge is 0.237 e. The van der Waals surface area contributed by atoms with Crippen molar-refractivity contribution in [2.24, 2.45) is 0 Å². The van der Waals surface area contributed by atoms with Gasteiger partial charge in [-0.25, -0.2) is 0 Å². The lowest BCUT2D eigenvalue weighted by Crippen LogP contribution is -2.48. The highest BCUT2D eigenvalue weighted by Crippen LogP contribution is 2.05. The van der Waals surface area contributed by atoms with E-state index in [1.165, 1.54) is 0 Å². The monoisotopic (exact) mass is 254 g/mol. The number of amides is 1. The van der Waals surface area contributed by atoms with Crippen LogP contribution in [0.15, 0.2) is 25.3 Å². The molecule has 1 aliphatic rings. The van der Waals surface area contributed by atoms with Crippen molar-refractivity contribution in [3.8, 4) is 0 Å². The van der Waals surface area contributed by atoms with Gasteiger partial charge in [0.15, 0.2) is 0 Å². The molecule has 0 aromatic carbocycles. The second kappa shape index (κ2) is 8.02. The summed E-state index contributed by atoms with van der Waals surface area (Å²) in [5, 5.41) is 9.05. The zero-order valence-corrected chi connectivity index (χ0v) is 10.8. The van der Waals surface area contributed by atoms with Gasteiger partial charge in [0.1, 0.15) is 0 Å². The molecule has 1 saturated heterocycles. The van der Waals surface area contributed by atoms with E-state index in [-0.39, 0.29) is 18.6 Å². The summed E-state index contributed by atoms with van der Waals surface area (Å²) in [6.07, 6.45) is 3.23. The van der Waals surface area contributed by atoms with E-state index in [9.17, 15) is 4.79 Å². The zero-order chi connectivity index (χ0) is 13.4. The minimum absolute atomic E-state index is 0.00623. The van der Waals surface area contributed by atoms with Crippen LogP contribution in [0.1, 0.15) is 0 Å². The van der Waals surface area contributed by atoms with Crippen LogP contribution < -0.4 is 0 Å². The average molecular weight is 254 g/mol. The number of rotatable bonds is 7. The molecule has 1 amide bonds.